The van der Waals surface area contributed by atoms with Gasteiger partial charge in [0.25, 0.3) is 0 Å². The van der Waals surface area contributed by atoms with Gasteiger partial charge in [-0.25, -0.2) is 4.98 Å². The molecule has 0 saturated carbocycles. The maximum Gasteiger partial charge on any atom is 0.324 e. The lowest BCUT2D eigenvalue weighted by Gasteiger charge is -2.23. The molecule has 0 spiro atoms. The molecule has 1 unspecified atom stereocenters. The monoisotopic (exact) mass is 229 g/mol. The molecule has 84 valence electrons. The van der Waals surface area contributed by atoms with Gasteiger partial charge in [0.2, 0.25) is 0 Å². The van der Waals surface area contributed by atoms with Gasteiger partial charge < -0.3 is 10.5 Å². The van der Waals surface area contributed by atoms with Gasteiger partial charge >= 0.3 is 5.97 Å². The first kappa shape index (κ1) is 12.1. The minimum atomic E-state index is -0.406. The third kappa shape index (κ3) is 3.26. The van der Waals surface area contributed by atoms with E-state index in [2.05, 4.69) is 9.72 Å². The molecule has 1 atom stereocenters. The van der Waals surface area contributed by atoms with Crippen LogP contribution in [0.5, 0.6) is 0 Å². The average Bonchev–Trinajstić information content (AvgIpc) is 2.71. The highest BCUT2D eigenvalue weighted by atomic mass is 32.1. The molecule has 0 radical (unpaired) electrons. The summed E-state index contributed by atoms with van der Waals surface area (Å²) in [5.74, 6) is -0.310. The molecule has 1 rings (SSSR count). The van der Waals surface area contributed by atoms with E-state index in [0.29, 0.717) is 6.54 Å². The number of methoxy groups -OCH3 is 1. The maximum absolute atomic E-state index is 11.4. The van der Waals surface area contributed by atoms with Gasteiger partial charge in [-0.1, -0.05) is 0 Å². The number of esters is 1. The number of nitrogens with two attached hydrogens (primary N) is 1. The fourth-order valence-corrected chi connectivity index (χ4v) is 1.82. The van der Waals surface area contributed by atoms with E-state index in [-0.39, 0.29) is 12.5 Å². The van der Waals surface area contributed by atoms with E-state index < -0.39 is 6.04 Å². The zero-order valence-corrected chi connectivity index (χ0v) is 9.66. The number of ether oxygens (including phenoxy) is 1. The summed E-state index contributed by atoms with van der Waals surface area (Å²) in [7, 11) is 3.19. The molecule has 0 aliphatic rings. The van der Waals surface area contributed by atoms with Crippen LogP contribution in [0.3, 0.4) is 0 Å². The normalized spacial score (nSPS) is 12.8. The van der Waals surface area contributed by atoms with Crippen LogP contribution in [0.25, 0.3) is 0 Å². The molecule has 0 aliphatic carbocycles. The first-order valence-corrected chi connectivity index (χ1v) is 5.48. The van der Waals surface area contributed by atoms with Crippen molar-refractivity contribution in [2.45, 2.75) is 12.6 Å². The number of rotatable bonds is 5. The van der Waals surface area contributed by atoms with E-state index in [1.54, 1.807) is 5.51 Å². The van der Waals surface area contributed by atoms with Crippen LogP contribution in [0.1, 0.15) is 5.69 Å². The van der Waals surface area contributed by atoms with Crippen molar-refractivity contribution in [3.05, 3.63) is 16.6 Å². The summed E-state index contributed by atoms with van der Waals surface area (Å²) >= 11 is 1.53. The Labute approximate surface area is 92.9 Å². The van der Waals surface area contributed by atoms with Gasteiger partial charge in [0, 0.05) is 18.5 Å². The summed E-state index contributed by atoms with van der Waals surface area (Å²) in [6, 6.07) is -0.406. The second-order valence-electron chi connectivity index (χ2n) is 3.17. The van der Waals surface area contributed by atoms with Crippen LogP contribution in [0.15, 0.2) is 10.9 Å². The van der Waals surface area contributed by atoms with Gasteiger partial charge in [0.05, 0.1) is 18.3 Å². The molecule has 0 amide bonds. The number of hydrogen-bond acceptors (Lipinski definition) is 6. The number of aromatic nitrogens is 1. The van der Waals surface area contributed by atoms with Gasteiger partial charge in [0.15, 0.2) is 0 Å². The molecule has 0 aliphatic heterocycles. The highest BCUT2D eigenvalue weighted by Crippen LogP contribution is 2.07. The Bertz CT molecular complexity index is 302. The standard InChI is InChI=1S/C9H15N3O2S/c1-12(4-7-5-15-6-11-7)8(3-10)9(13)14-2/h5-6,8H,3-4,10H2,1-2H3. The molecule has 1 aromatic heterocycles. The Hall–Kier alpha value is -0.980. The largest absolute Gasteiger partial charge is 0.468 e. The van der Waals surface area contributed by atoms with E-state index in [1.807, 2.05) is 17.3 Å². The lowest BCUT2D eigenvalue weighted by atomic mass is 10.2. The highest BCUT2D eigenvalue weighted by molar-refractivity contribution is 7.07. The zero-order valence-electron chi connectivity index (χ0n) is 8.84. The van der Waals surface area contributed by atoms with Crippen LogP contribution in [0.2, 0.25) is 0 Å². The highest BCUT2D eigenvalue weighted by Gasteiger charge is 2.22. The van der Waals surface area contributed by atoms with Gasteiger partial charge in [-0.15, -0.1) is 11.3 Å². The lowest BCUT2D eigenvalue weighted by molar-refractivity contribution is -0.146. The van der Waals surface area contributed by atoms with E-state index in [1.165, 1.54) is 18.4 Å². The van der Waals surface area contributed by atoms with E-state index in [0.717, 1.165) is 5.69 Å². The maximum atomic E-state index is 11.4. The summed E-state index contributed by atoms with van der Waals surface area (Å²) in [5.41, 5.74) is 8.22. The number of hydrogen-bond donors (Lipinski definition) is 1. The molecule has 6 heteroatoms. The van der Waals surface area contributed by atoms with Crippen LogP contribution in [0, 0.1) is 0 Å². The minimum Gasteiger partial charge on any atom is -0.468 e. The Balaban J connectivity index is 2.57. The van der Waals surface area contributed by atoms with Gasteiger partial charge in [-0.2, -0.15) is 0 Å². The van der Waals surface area contributed by atoms with Crippen molar-refractivity contribution in [3.63, 3.8) is 0 Å². The summed E-state index contributed by atoms with van der Waals surface area (Å²) in [6.45, 7) is 0.841. The topological polar surface area (TPSA) is 68.5 Å². The molecule has 5 nitrogen and oxygen atoms in total. The summed E-state index contributed by atoms with van der Waals surface area (Å²) < 4.78 is 4.67. The van der Waals surface area contributed by atoms with Gasteiger partial charge in [-0.05, 0) is 7.05 Å². The van der Waals surface area contributed by atoms with Crippen LogP contribution in [0.4, 0.5) is 0 Å². The molecule has 0 saturated heterocycles. The Kier molecular flexibility index (Phi) is 4.67. The van der Waals surface area contributed by atoms with Crippen molar-refractivity contribution in [3.8, 4) is 0 Å². The van der Waals surface area contributed by atoms with Crippen molar-refractivity contribution in [1.82, 2.24) is 9.88 Å². The Morgan fingerprint density at radius 1 is 1.80 bits per heavy atom. The van der Waals surface area contributed by atoms with Crippen LogP contribution < -0.4 is 5.73 Å². The van der Waals surface area contributed by atoms with Gasteiger partial charge in [0.1, 0.15) is 6.04 Å². The quantitative estimate of drug-likeness (QED) is 0.724. The molecular weight excluding hydrogens is 214 g/mol. The molecule has 0 aromatic carbocycles. The van der Waals surface area contributed by atoms with Crippen LogP contribution >= 0.6 is 11.3 Å². The number of carbonyl (C=O) groups is 1. The molecule has 1 heterocycles. The number of likely N-dealkylation sites (N-methyl/N-ethyl adjacent to an activating group) is 1. The fourth-order valence-electron chi connectivity index (χ4n) is 1.27. The SMILES string of the molecule is COC(=O)C(CN)N(C)Cc1cscn1. The summed E-state index contributed by atoms with van der Waals surface area (Å²) in [5, 5.41) is 1.95. The molecule has 0 fully saturated rings. The molecule has 2 N–H and O–H groups in total. The summed E-state index contributed by atoms with van der Waals surface area (Å²) in [4.78, 5) is 17.3. The fraction of sp³-hybridized carbons (Fsp3) is 0.556. The first-order chi connectivity index (χ1) is 7.19. The lowest BCUT2D eigenvalue weighted by Crippen LogP contribution is -2.44. The average molecular weight is 229 g/mol. The third-order valence-corrected chi connectivity index (χ3v) is 2.76. The van der Waals surface area contributed by atoms with Crippen LogP contribution in [-0.2, 0) is 16.1 Å². The molecule has 15 heavy (non-hydrogen) atoms. The smallest absolute Gasteiger partial charge is 0.324 e. The van der Waals surface area contributed by atoms with E-state index >= 15 is 0 Å². The number of carbonyl (C=O) groups excluding carboxylic acids is 1. The van der Waals surface area contributed by atoms with Crippen molar-refractivity contribution >= 4 is 17.3 Å². The molecular formula is C9H15N3O2S. The first-order valence-electron chi connectivity index (χ1n) is 4.54. The predicted molar refractivity (Wildman–Crippen MR) is 58.4 cm³/mol. The zero-order chi connectivity index (χ0) is 11.3. The number of thiazole rings is 1. The minimum absolute atomic E-state index is 0.243. The second kappa shape index (κ2) is 5.79. The second-order valence-corrected chi connectivity index (χ2v) is 3.89. The van der Waals surface area contributed by atoms with E-state index in [4.69, 9.17) is 5.73 Å². The Morgan fingerprint density at radius 2 is 2.53 bits per heavy atom. The van der Waals surface area contributed by atoms with Crippen molar-refractivity contribution in [1.29, 1.82) is 0 Å². The van der Waals surface area contributed by atoms with Crippen molar-refractivity contribution in [2.24, 2.45) is 5.73 Å². The van der Waals surface area contributed by atoms with Crippen LogP contribution in [-0.4, -0.2) is 42.6 Å². The van der Waals surface area contributed by atoms with Gasteiger partial charge in [-0.3, -0.25) is 9.69 Å². The number of nitrogens with zero attached hydrogens (tertiary/aromatic N) is 2. The van der Waals surface area contributed by atoms with Crippen molar-refractivity contribution in [2.75, 3.05) is 20.7 Å². The molecule has 0 bridgehead atoms. The van der Waals surface area contributed by atoms with Crippen molar-refractivity contribution < 1.29 is 9.53 Å². The third-order valence-electron chi connectivity index (χ3n) is 2.12. The van der Waals surface area contributed by atoms with E-state index in [9.17, 15) is 4.79 Å². The Morgan fingerprint density at radius 3 is 3.00 bits per heavy atom. The predicted octanol–water partition coefficient (Wildman–Crippen LogP) is 0.0752. The molecule has 1 aromatic rings. The summed E-state index contributed by atoms with van der Waals surface area (Å²) in [6.07, 6.45) is 0.